The molecule has 0 radical (unpaired) electrons. The summed E-state index contributed by atoms with van der Waals surface area (Å²) in [4.78, 5) is 33.0. The van der Waals surface area contributed by atoms with E-state index in [1.165, 1.54) is 22.7 Å². The molecule has 4 aromatic rings. The Kier molecular flexibility index (Phi) is 5.13. The number of thioether (sulfide) groups is 1. The highest BCUT2D eigenvalue weighted by Gasteiger charge is 2.14. The van der Waals surface area contributed by atoms with Crippen molar-refractivity contribution in [1.82, 2.24) is 19.6 Å². The van der Waals surface area contributed by atoms with Crippen LogP contribution in [0.5, 0.6) is 0 Å². The molecular formula is C20H16FN5O2S. The van der Waals surface area contributed by atoms with Crippen LogP contribution in [-0.2, 0) is 4.79 Å². The summed E-state index contributed by atoms with van der Waals surface area (Å²) in [5.41, 5.74) is 2.02. The van der Waals surface area contributed by atoms with Crippen LogP contribution in [0, 0.1) is 12.7 Å². The van der Waals surface area contributed by atoms with Crippen molar-refractivity contribution in [2.24, 2.45) is 0 Å². The molecule has 1 amide bonds. The number of nitrogens with zero attached hydrogens (tertiary/aromatic N) is 3. The Labute approximate surface area is 169 Å². The van der Waals surface area contributed by atoms with Crippen LogP contribution in [0.2, 0.25) is 0 Å². The molecule has 4 rings (SSSR count). The van der Waals surface area contributed by atoms with E-state index in [2.05, 4.69) is 20.4 Å². The van der Waals surface area contributed by atoms with E-state index in [1.807, 2.05) is 31.2 Å². The predicted molar refractivity (Wildman–Crippen MR) is 110 cm³/mol. The first-order chi connectivity index (χ1) is 14.0. The molecule has 0 aliphatic rings. The summed E-state index contributed by atoms with van der Waals surface area (Å²) in [6, 6.07) is 15.0. The van der Waals surface area contributed by atoms with E-state index >= 15 is 0 Å². The van der Waals surface area contributed by atoms with Crippen molar-refractivity contribution in [3.63, 3.8) is 0 Å². The van der Waals surface area contributed by atoms with Crippen molar-refractivity contribution >= 4 is 29.0 Å². The fourth-order valence-electron chi connectivity index (χ4n) is 2.80. The maximum atomic E-state index is 13.7. The lowest BCUT2D eigenvalue weighted by Gasteiger charge is -2.09. The number of para-hydroxylation sites is 1. The molecule has 0 atom stereocenters. The highest BCUT2D eigenvalue weighted by molar-refractivity contribution is 7.99. The van der Waals surface area contributed by atoms with Crippen LogP contribution < -0.4 is 10.9 Å². The zero-order valence-electron chi connectivity index (χ0n) is 15.3. The van der Waals surface area contributed by atoms with Crippen LogP contribution in [-0.4, -0.2) is 31.2 Å². The van der Waals surface area contributed by atoms with Gasteiger partial charge in [0.1, 0.15) is 5.82 Å². The maximum Gasteiger partial charge on any atom is 0.266 e. The third kappa shape index (κ3) is 4.04. The molecule has 0 aliphatic carbocycles. The number of nitrogens with one attached hydrogen (secondary N) is 2. The van der Waals surface area contributed by atoms with Crippen molar-refractivity contribution in [1.29, 1.82) is 0 Å². The lowest BCUT2D eigenvalue weighted by atomic mass is 10.1. The Morgan fingerprint density at radius 2 is 1.93 bits per heavy atom. The second kappa shape index (κ2) is 7.88. The number of H-pyrrole nitrogens is 1. The number of carbonyl (C=O) groups is 1. The van der Waals surface area contributed by atoms with Gasteiger partial charge in [-0.05, 0) is 24.6 Å². The van der Waals surface area contributed by atoms with E-state index in [-0.39, 0.29) is 22.9 Å². The summed E-state index contributed by atoms with van der Waals surface area (Å²) in [5, 5.41) is 5.56. The van der Waals surface area contributed by atoms with Gasteiger partial charge in [-0.3, -0.25) is 14.7 Å². The predicted octanol–water partition coefficient (Wildman–Crippen LogP) is 3.26. The quantitative estimate of drug-likeness (QED) is 0.494. The average Bonchev–Trinajstić information content (AvgIpc) is 3.08. The molecule has 0 saturated heterocycles. The number of amides is 1. The zero-order valence-corrected chi connectivity index (χ0v) is 16.2. The summed E-state index contributed by atoms with van der Waals surface area (Å²) in [6.45, 7) is 1.95. The number of anilines is 1. The van der Waals surface area contributed by atoms with Crippen molar-refractivity contribution in [2.45, 2.75) is 12.1 Å². The average molecular weight is 409 g/mol. The molecule has 0 aliphatic heterocycles. The van der Waals surface area contributed by atoms with Gasteiger partial charge in [-0.25, -0.2) is 18.9 Å². The monoisotopic (exact) mass is 409 g/mol. The van der Waals surface area contributed by atoms with Crippen LogP contribution >= 0.6 is 11.8 Å². The van der Waals surface area contributed by atoms with Crippen molar-refractivity contribution in [3.05, 3.63) is 76.3 Å². The number of aryl methyl sites for hydroxylation is 1. The lowest BCUT2D eigenvalue weighted by molar-refractivity contribution is -0.113. The summed E-state index contributed by atoms with van der Waals surface area (Å²) in [5.74, 6) is -0.460. The summed E-state index contributed by atoms with van der Waals surface area (Å²) >= 11 is 1.12. The van der Waals surface area contributed by atoms with Crippen molar-refractivity contribution in [3.8, 4) is 11.4 Å². The SMILES string of the molecule is Cc1ccccc1-c1nc(SCC(=O)Nc2ccccc2F)n2[nH]c(=O)cc2n1. The highest BCUT2D eigenvalue weighted by atomic mass is 32.2. The Balaban J connectivity index is 1.62. The van der Waals surface area contributed by atoms with Crippen molar-refractivity contribution < 1.29 is 9.18 Å². The number of halogens is 1. The van der Waals surface area contributed by atoms with Crippen LogP contribution in [0.25, 0.3) is 17.0 Å². The van der Waals surface area contributed by atoms with Gasteiger partial charge in [0.05, 0.1) is 11.4 Å². The van der Waals surface area contributed by atoms with Crippen LogP contribution in [0.15, 0.2) is 64.5 Å². The number of rotatable bonds is 5. The van der Waals surface area contributed by atoms with Gasteiger partial charge < -0.3 is 5.32 Å². The van der Waals surface area contributed by atoms with Crippen molar-refractivity contribution in [2.75, 3.05) is 11.1 Å². The molecule has 0 spiro atoms. The van der Waals surface area contributed by atoms with Crippen LogP contribution in [0.3, 0.4) is 0 Å². The molecular weight excluding hydrogens is 393 g/mol. The molecule has 2 heterocycles. The lowest BCUT2D eigenvalue weighted by Crippen LogP contribution is -2.16. The molecule has 2 N–H and O–H groups in total. The van der Waals surface area contributed by atoms with Crippen LogP contribution in [0.4, 0.5) is 10.1 Å². The minimum atomic E-state index is -0.508. The molecule has 0 fully saturated rings. The second-order valence-electron chi connectivity index (χ2n) is 6.28. The molecule has 0 bridgehead atoms. The third-order valence-electron chi connectivity index (χ3n) is 4.19. The van der Waals surface area contributed by atoms with E-state index in [0.717, 1.165) is 22.9 Å². The van der Waals surface area contributed by atoms with Gasteiger partial charge in [0.15, 0.2) is 16.6 Å². The minimum Gasteiger partial charge on any atom is -0.323 e. The Morgan fingerprint density at radius 3 is 2.72 bits per heavy atom. The largest absolute Gasteiger partial charge is 0.323 e. The van der Waals surface area contributed by atoms with Gasteiger partial charge in [0, 0.05) is 11.6 Å². The first-order valence-corrected chi connectivity index (χ1v) is 9.73. The highest BCUT2D eigenvalue weighted by Crippen LogP contribution is 2.24. The van der Waals surface area contributed by atoms with Gasteiger partial charge in [0.25, 0.3) is 5.56 Å². The molecule has 0 saturated carbocycles. The number of fused-ring (bicyclic) bond motifs is 1. The summed E-state index contributed by atoms with van der Waals surface area (Å²) in [6.07, 6.45) is 0. The van der Waals surface area contributed by atoms with E-state index in [1.54, 1.807) is 12.1 Å². The summed E-state index contributed by atoms with van der Waals surface area (Å²) < 4.78 is 15.2. The normalized spacial score (nSPS) is 11.0. The molecule has 2 aromatic heterocycles. The Bertz CT molecular complexity index is 1270. The molecule has 2 aromatic carbocycles. The number of hydrogen-bond donors (Lipinski definition) is 2. The first-order valence-electron chi connectivity index (χ1n) is 8.74. The van der Waals surface area contributed by atoms with E-state index < -0.39 is 5.82 Å². The number of benzene rings is 2. The molecule has 146 valence electrons. The van der Waals surface area contributed by atoms with Gasteiger partial charge >= 0.3 is 0 Å². The summed E-state index contributed by atoms with van der Waals surface area (Å²) in [7, 11) is 0. The van der Waals surface area contributed by atoms with Gasteiger partial charge in [0.2, 0.25) is 5.91 Å². The van der Waals surface area contributed by atoms with Crippen LogP contribution in [0.1, 0.15) is 5.56 Å². The molecule has 29 heavy (non-hydrogen) atoms. The van der Waals surface area contributed by atoms with Gasteiger partial charge in [-0.2, -0.15) is 0 Å². The topological polar surface area (TPSA) is 92.2 Å². The maximum absolute atomic E-state index is 13.7. The smallest absolute Gasteiger partial charge is 0.266 e. The Hall–Kier alpha value is -3.46. The van der Waals surface area contributed by atoms with Gasteiger partial charge in [-0.15, -0.1) is 0 Å². The Morgan fingerprint density at radius 1 is 1.17 bits per heavy atom. The molecule has 0 unspecified atom stereocenters. The molecule has 9 heteroatoms. The number of hydrogen-bond acceptors (Lipinski definition) is 5. The fraction of sp³-hybridized carbons (Fsp3) is 0.100. The van der Waals surface area contributed by atoms with Gasteiger partial charge in [-0.1, -0.05) is 48.2 Å². The fourth-order valence-corrected chi connectivity index (χ4v) is 3.56. The number of aromatic nitrogens is 4. The zero-order chi connectivity index (χ0) is 20.4. The minimum absolute atomic E-state index is 0.0200. The van der Waals surface area contributed by atoms with E-state index in [0.29, 0.717) is 16.6 Å². The third-order valence-corrected chi connectivity index (χ3v) is 5.13. The van der Waals surface area contributed by atoms with E-state index in [4.69, 9.17) is 0 Å². The number of carbonyl (C=O) groups excluding carboxylic acids is 1. The standard InChI is InChI=1S/C20H16FN5O2S/c1-12-6-2-3-7-13(12)19-23-16-10-17(27)25-26(16)20(24-19)29-11-18(28)22-15-9-5-4-8-14(15)21/h2-10H,11H2,1H3,(H,22,28)(H,25,27). The second-order valence-corrected chi connectivity index (χ2v) is 7.22. The molecule has 7 nitrogen and oxygen atoms in total. The van der Waals surface area contributed by atoms with E-state index in [9.17, 15) is 14.0 Å². The first kappa shape index (κ1) is 18.9. The number of aromatic amines is 1.